The number of aromatic nitrogens is 3. The minimum atomic E-state index is -2.04. The van der Waals surface area contributed by atoms with Crippen LogP contribution in [0.3, 0.4) is 0 Å². The van der Waals surface area contributed by atoms with E-state index in [1.54, 1.807) is 0 Å². The molecule has 72 heavy (non-hydrogen) atoms. The van der Waals surface area contributed by atoms with Crippen LogP contribution >= 0.6 is 0 Å². The van der Waals surface area contributed by atoms with E-state index in [9.17, 15) is 0 Å². The molecular formula is C66H57GeIrN3O-2. The van der Waals surface area contributed by atoms with Gasteiger partial charge in [-0.1, -0.05) is 146 Å². The number of fused-ring (bicyclic) bond motifs is 8. The number of hydrogen-bond acceptors (Lipinski definition) is 3. The number of benzene rings is 9. The van der Waals surface area contributed by atoms with Crippen molar-refractivity contribution in [2.45, 2.75) is 63.7 Å². The third-order valence-corrected chi connectivity index (χ3v) is 18.0. The van der Waals surface area contributed by atoms with Crippen LogP contribution in [0.4, 0.5) is 0 Å². The van der Waals surface area contributed by atoms with E-state index >= 15 is 0 Å². The molecule has 0 amide bonds. The van der Waals surface area contributed by atoms with Crippen LogP contribution in [0, 0.1) is 19.1 Å². The summed E-state index contributed by atoms with van der Waals surface area (Å²) in [6.07, 6.45) is 2.01. The van der Waals surface area contributed by atoms with Crippen molar-refractivity contribution in [2.75, 3.05) is 0 Å². The molecule has 0 fully saturated rings. The van der Waals surface area contributed by atoms with Crippen LogP contribution in [-0.4, -0.2) is 27.8 Å². The summed E-state index contributed by atoms with van der Waals surface area (Å²) >= 11 is -2.04. The van der Waals surface area contributed by atoms with Crippen molar-refractivity contribution in [3.63, 3.8) is 0 Å². The number of imidazole rings is 1. The summed E-state index contributed by atoms with van der Waals surface area (Å²) in [6, 6.07) is 71.1. The molecular weight excluding hydrogens is 1120 g/mol. The van der Waals surface area contributed by atoms with Crippen LogP contribution in [0.15, 0.2) is 193 Å². The van der Waals surface area contributed by atoms with Gasteiger partial charge in [0.1, 0.15) is 5.58 Å². The molecule has 3 aromatic heterocycles. The van der Waals surface area contributed by atoms with E-state index in [4.69, 9.17) is 10.8 Å². The monoisotopic (exact) mass is 1180 g/mol. The molecule has 0 atom stereocenters. The van der Waals surface area contributed by atoms with Crippen LogP contribution in [-0.2, 0) is 20.1 Å². The fourth-order valence-electron chi connectivity index (χ4n) is 10.1. The molecule has 0 aliphatic heterocycles. The van der Waals surface area contributed by atoms with Crippen molar-refractivity contribution in [1.29, 1.82) is 0 Å². The Bertz CT molecular complexity index is 3980. The van der Waals surface area contributed by atoms with Crippen LogP contribution in [0.1, 0.15) is 57.6 Å². The van der Waals surface area contributed by atoms with Gasteiger partial charge >= 0.3 is 127 Å². The van der Waals surface area contributed by atoms with E-state index in [-0.39, 0.29) is 26.0 Å². The Morgan fingerprint density at radius 3 is 2.00 bits per heavy atom. The van der Waals surface area contributed by atoms with Gasteiger partial charge in [-0.25, -0.2) is 0 Å². The molecule has 0 unspecified atom stereocenters. The fraction of sp³-hybridized carbons (Fsp3) is 0.152. The topological polar surface area (TPSA) is 43.9 Å². The number of pyridine rings is 1. The molecule has 12 rings (SSSR count). The summed E-state index contributed by atoms with van der Waals surface area (Å²) in [6.45, 7) is 10.5. The first-order valence-electron chi connectivity index (χ1n) is 25.2. The fourth-order valence-corrected chi connectivity index (χ4v) is 13.4. The predicted octanol–water partition coefficient (Wildman–Crippen LogP) is 17.7. The molecule has 0 saturated carbocycles. The smallest absolute Gasteiger partial charge is 0 e. The number of para-hydroxylation sites is 2. The molecule has 12 aromatic rings. The average Bonchev–Trinajstić information content (AvgIpc) is 3.98. The summed E-state index contributed by atoms with van der Waals surface area (Å²) in [5.41, 5.74) is 15.8. The second-order valence-electron chi connectivity index (χ2n) is 20.3. The molecule has 0 bridgehead atoms. The summed E-state index contributed by atoms with van der Waals surface area (Å²) in [5, 5.41) is 6.87. The first-order valence-corrected chi connectivity index (χ1v) is 32.0. The van der Waals surface area contributed by atoms with Gasteiger partial charge in [-0.2, -0.15) is 0 Å². The molecule has 1 radical (unpaired) electrons. The SMILES string of the molecule is CC(C)c1cc(-c2ccccc2)cc(-c2ccccc2)c1-n1c(-c2[c-]ccc3c2oc2c3ccc3c4ccccc4ccc32)nc2ccccc21.[2H]C(C)(C)c1cc(-c2[c-]cc(C)cc2)nc[c]1[Ge]([CH3])([CH3])[CH3].[Ir]. The van der Waals surface area contributed by atoms with Crippen molar-refractivity contribution >= 4 is 72.2 Å². The summed E-state index contributed by atoms with van der Waals surface area (Å²) in [7, 11) is 0. The molecule has 3 heterocycles. The number of furan rings is 1. The standard InChI is InChI=1S/C48H33N2O.C18H24GeN.Ir/c1-30(2)41-28-34(31-14-5-3-6-15-31)29-42(32-16-7-4-8-17-32)45(41)50-44-23-12-11-22-43(44)49-48(50)40-21-13-20-37-39-27-26-36-35-19-10-9-18-33(35)24-25-38(36)46(39)51-47(37)40;1-13(2)16-11-18(15-9-7-14(3)8-10-15)20-12-17(16)19(4,5)6;/h3-20,22-30H,1-2H3;7-9,11-13H,1-6H3;/q2*-1;/i;13D;. The maximum atomic E-state index is 8.48. The first kappa shape index (κ1) is 47.4. The summed E-state index contributed by atoms with van der Waals surface area (Å²) < 4.78 is 19.1. The van der Waals surface area contributed by atoms with Gasteiger partial charge in [0.15, 0.2) is 0 Å². The quantitative estimate of drug-likeness (QED) is 0.0865. The zero-order valence-corrected chi connectivity index (χ0v) is 46.6. The third kappa shape index (κ3) is 9.04. The van der Waals surface area contributed by atoms with E-state index in [0.29, 0.717) is 0 Å². The van der Waals surface area contributed by atoms with Crippen LogP contribution in [0.25, 0.3) is 105 Å². The van der Waals surface area contributed by atoms with Crippen molar-refractivity contribution in [3.05, 3.63) is 217 Å². The van der Waals surface area contributed by atoms with E-state index in [1.807, 2.05) is 32.2 Å². The average molecular weight is 1170 g/mol. The van der Waals surface area contributed by atoms with Gasteiger partial charge in [0, 0.05) is 42.1 Å². The molecule has 357 valence electrons. The predicted molar refractivity (Wildman–Crippen MR) is 303 cm³/mol. The Morgan fingerprint density at radius 2 is 1.28 bits per heavy atom. The molecule has 0 saturated heterocycles. The van der Waals surface area contributed by atoms with Gasteiger partial charge in [-0.05, 0) is 68.6 Å². The number of nitrogens with zero attached hydrogens (tertiary/aromatic N) is 3. The maximum absolute atomic E-state index is 8.48. The van der Waals surface area contributed by atoms with Crippen LogP contribution < -0.4 is 4.40 Å². The summed E-state index contributed by atoms with van der Waals surface area (Å²) in [5.74, 6) is 7.49. The zero-order chi connectivity index (χ0) is 49.9. The Balaban J connectivity index is 0.000000235. The van der Waals surface area contributed by atoms with Gasteiger partial charge in [-0.15, -0.1) is 18.2 Å². The van der Waals surface area contributed by atoms with Gasteiger partial charge in [0.05, 0.1) is 22.4 Å². The molecule has 0 aliphatic carbocycles. The van der Waals surface area contributed by atoms with Gasteiger partial charge in [0.2, 0.25) is 0 Å². The summed E-state index contributed by atoms with van der Waals surface area (Å²) in [4.78, 5) is 10.0. The minimum absolute atomic E-state index is 0. The number of aryl methyl sites for hydroxylation is 1. The van der Waals surface area contributed by atoms with Crippen LogP contribution in [0.5, 0.6) is 0 Å². The van der Waals surface area contributed by atoms with Gasteiger partial charge in [0.25, 0.3) is 0 Å². The van der Waals surface area contributed by atoms with E-state index in [2.05, 4.69) is 230 Å². The van der Waals surface area contributed by atoms with Crippen LogP contribution in [0.2, 0.25) is 17.3 Å². The maximum Gasteiger partial charge on any atom is 0 e. The molecule has 9 aromatic carbocycles. The zero-order valence-electron chi connectivity index (χ0n) is 43.1. The molecule has 6 heteroatoms. The molecule has 0 spiro atoms. The number of rotatable bonds is 8. The van der Waals surface area contributed by atoms with E-state index in [0.717, 1.165) is 83.4 Å². The van der Waals surface area contributed by atoms with E-state index < -0.39 is 19.2 Å². The first-order chi connectivity index (χ1) is 34.7. The Morgan fingerprint density at radius 1 is 0.611 bits per heavy atom. The second kappa shape index (κ2) is 20.0. The number of hydrogen-bond donors (Lipinski definition) is 0. The molecule has 0 N–H and O–H groups in total. The van der Waals surface area contributed by atoms with Crippen molar-refractivity contribution in [3.8, 4) is 50.6 Å². The Kier molecular flexibility index (Phi) is 13.2. The van der Waals surface area contributed by atoms with Crippen molar-refractivity contribution in [1.82, 2.24) is 14.5 Å². The van der Waals surface area contributed by atoms with Crippen molar-refractivity contribution < 1.29 is 25.9 Å². The molecule has 0 aliphatic rings. The molecule has 4 nitrogen and oxygen atoms in total. The third-order valence-electron chi connectivity index (χ3n) is 13.8. The van der Waals surface area contributed by atoms with Gasteiger partial charge < -0.3 is 8.98 Å². The van der Waals surface area contributed by atoms with Crippen molar-refractivity contribution in [2.24, 2.45) is 0 Å². The van der Waals surface area contributed by atoms with Gasteiger partial charge in [-0.3, -0.25) is 4.98 Å². The minimum Gasteiger partial charge on any atom is 0 e. The Labute approximate surface area is 440 Å². The largest absolute Gasteiger partial charge is 0 e. The normalized spacial score (nSPS) is 12.1. The Hall–Kier alpha value is -6.89. The van der Waals surface area contributed by atoms with E-state index in [1.165, 1.54) is 42.8 Å². The second-order valence-corrected chi connectivity index (χ2v) is 30.8.